The van der Waals surface area contributed by atoms with Crippen LogP contribution in [0.3, 0.4) is 0 Å². The fraction of sp³-hybridized carbons (Fsp3) is 0.700. The van der Waals surface area contributed by atoms with E-state index >= 15 is 0 Å². The second-order valence-electron chi connectivity index (χ2n) is 2.97. The molecule has 0 saturated heterocycles. The average molecular weight is 186 g/mol. The largest absolute Gasteiger partial charge is 0.435 e. The maximum Gasteiger partial charge on any atom is 0.307 e. The molecule has 0 rings (SSSR count). The van der Waals surface area contributed by atoms with Gasteiger partial charge in [0.1, 0.15) is 0 Å². The number of allylic oxidation sites excluding steroid dienone is 1. The number of esters is 1. The first-order valence-corrected chi connectivity index (χ1v) is 4.67. The number of aliphatic hydroxyl groups excluding tert-OH is 1. The molecule has 0 heterocycles. The molecule has 76 valence electrons. The second-order valence-corrected chi connectivity index (χ2v) is 2.97. The van der Waals surface area contributed by atoms with Gasteiger partial charge in [0.25, 0.3) is 0 Å². The maximum absolute atomic E-state index is 10.3. The highest BCUT2D eigenvalue weighted by molar-refractivity contribution is 5.66. The molecule has 0 spiro atoms. The van der Waals surface area contributed by atoms with Gasteiger partial charge in [0, 0.05) is 6.92 Å². The number of carbonyl (C=O) groups excluding carboxylic acids is 1. The van der Waals surface area contributed by atoms with E-state index in [9.17, 15) is 9.90 Å². The number of ether oxygens (including phenoxy) is 1. The van der Waals surface area contributed by atoms with Gasteiger partial charge < -0.3 is 9.84 Å². The van der Waals surface area contributed by atoms with Gasteiger partial charge in [-0.15, -0.1) is 0 Å². The molecule has 0 aromatic heterocycles. The molecule has 0 aromatic rings. The lowest BCUT2D eigenvalue weighted by Gasteiger charge is -2.04. The zero-order chi connectivity index (χ0) is 10.1. The van der Waals surface area contributed by atoms with E-state index in [2.05, 4.69) is 4.74 Å². The summed E-state index contributed by atoms with van der Waals surface area (Å²) in [6.45, 7) is 3.32. The third kappa shape index (κ3) is 9.08. The van der Waals surface area contributed by atoms with Gasteiger partial charge in [-0.05, 0) is 31.8 Å². The summed E-state index contributed by atoms with van der Waals surface area (Å²) in [6.07, 6.45) is 6.37. The Morgan fingerprint density at radius 1 is 1.62 bits per heavy atom. The molecule has 13 heavy (non-hydrogen) atoms. The minimum atomic E-state index is -0.301. The Labute approximate surface area is 79.4 Å². The molecule has 0 aliphatic carbocycles. The Bertz CT molecular complexity index is 164. The number of carbonyl (C=O) groups is 1. The first kappa shape index (κ1) is 12.2. The van der Waals surface area contributed by atoms with Gasteiger partial charge in [-0.1, -0.05) is 6.92 Å². The van der Waals surface area contributed by atoms with Crippen LogP contribution in [0.25, 0.3) is 0 Å². The predicted octanol–water partition coefficient (Wildman–Crippen LogP) is 2.00. The molecule has 0 bridgehead atoms. The molecule has 0 fully saturated rings. The summed E-state index contributed by atoms with van der Waals surface area (Å²) in [5.74, 6) is -0.301. The van der Waals surface area contributed by atoms with Gasteiger partial charge in [-0.25, -0.2) is 0 Å². The van der Waals surface area contributed by atoms with E-state index in [0.717, 1.165) is 25.7 Å². The van der Waals surface area contributed by atoms with Crippen molar-refractivity contribution in [3.63, 3.8) is 0 Å². The molecule has 3 heteroatoms. The van der Waals surface area contributed by atoms with Crippen LogP contribution in [0.4, 0.5) is 0 Å². The van der Waals surface area contributed by atoms with E-state index in [1.165, 1.54) is 13.2 Å². The summed E-state index contributed by atoms with van der Waals surface area (Å²) >= 11 is 0. The van der Waals surface area contributed by atoms with Crippen LogP contribution in [-0.4, -0.2) is 17.2 Å². The topological polar surface area (TPSA) is 46.5 Å². The van der Waals surface area contributed by atoms with Gasteiger partial charge in [0.15, 0.2) is 0 Å². The Balaban J connectivity index is 3.25. The number of unbranched alkanes of at least 4 members (excludes halogenated alkanes) is 1. The normalized spacial score (nSPS) is 13.2. The maximum atomic E-state index is 10.3. The molecule has 0 aliphatic heterocycles. The SMILES string of the molecule is CC[C@H](O)CCC/C=C/OC(C)=O. The number of hydrogen-bond donors (Lipinski definition) is 1. The van der Waals surface area contributed by atoms with Crippen molar-refractivity contribution in [1.29, 1.82) is 0 Å². The van der Waals surface area contributed by atoms with Crippen molar-refractivity contribution in [3.05, 3.63) is 12.3 Å². The first-order valence-electron chi connectivity index (χ1n) is 4.67. The van der Waals surface area contributed by atoms with E-state index in [1.54, 1.807) is 6.08 Å². The molecule has 0 aliphatic rings. The van der Waals surface area contributed by atoms with Gasteiger partial charge >= 0.3 is 5.97 Å². The minimum Gasteiger partial charge on any atom is -0.435 e. The van der Waals surface area contributed by atoms with Crippen molar-refractivity contribution in [3.8, 4) is 0 Å². The Hall–Kier alpha value is -0.830. The lowest BCUT2D eigenvalue weighted by atomic mass is 10.1. The van der Waals surface area contributed by atoms with Crippen molar-refractivity contribution in [2.75, 3.05) is 0 Å². The Morgan fingerprint density at radius 2 is 2.31 bits per heavy atom. The zero-order valence-corrected chi connectivity index (χ0v) is 8.32. The molecule has 0 aromatic carbocycles. The fourth-order valence-electron chi connectivity index (χ4n) is 0.887. The quantitative estimate of drug-likeness (QED) is 0.392. The van der Waals surface area contributed by atoms with Crippen molar-refractivity contribution in [1.82, 2.24) is 0 Å². The number of hydrogen-bond acceptors (Lipinski definition) is 3. The van der Waals surface area contributed by atoms with Crippen molar-refractivity contribution in [2.45, 2.75) is 45.6 Å². The van der Waals surface area contributed by atoms with Crippen LogP contribution in [0, 0.1) is 0 Å². The van der Waals surface area contributed by atoms with E-state index in [-0.39, 0.29) is 12.1 Å². The van der Waals surface area contributed by atoms with Crippen molar-refractivity contribution in [2.24, 2.45) is 0 Å². The summed E-state index contributed by atoms with van der Waals surface area (Å²) in [5.41, 5.74) is 0. The molecule has 1 N–H and O–H groups in total. The van der Waals surface area contributed by atoms with E-state index < -0.39 is 0 Å². The van der Waals surface area contributed by atoms with Crippen LogP contribution in [0.15, 0.2) is 12.3 Å². The van der Waals surface area contributed by atoms with Crippen LogP contribution in [0.2, 0.25) is 0 Å². The molecular weight excluding hydrogens is 168 g/mol. The Morgan fingerprint density at radius 3 is 2.85 bits per heavy atom. The van der Waals surface area contributed by atoms with Crippen LogP contribution in [0.1, 0.15) is 39.5 Å². The van der Waals surface area contributed by atoms with Gasteiger partial charge in [-0.3, -0.25) is 4.79 Å². The molecular formula is C10H18O3. The fourth-order valence-corrected chi connectivity index (χ4v) is 0.887. The molecule has 0 amide bonds. The molecule has 0 radical (unpaired) electrons. The average Bonchev–Trinajstić information content (AvgIpc) is 2.10. The monoisotopic (exact) mass is 186 g/mol. The third-order valence-electron chi connectivity index (χ3n) is 1.71. The van der Waals surface area contributed by atoms with Crippen LogP contribution < -0.4 is 0 Å². The van der Waals surface area contributed by atoms with E-state index in [4.69, 9.17) is 0 Å². The van der Waals surface area contributed by atoms with Crippen LogP contribution >= 0.6 is 0 Å². The number of rotatable bonds is 6. The molecule has 3 nitrogen and oxygen atoms in total. The Kier molecular flexibility index (Phi) is 7.30. The summed E-state index contributed by atoms with van der Waals surface area (Å²) in [6, 6.07) is 0. The van der Waals surface area contributed by atoms with Crippen LogP contribution in [-0.2, 0) is 9.53 Å². The summed E-state index contributed by atoms with van der Waals surface area (Å²) in [7, 11) is 0. The van der Waals surface area contributed by atoms with Crippen molar-refractivity contribution >= 4 is 5.97 Å². The van der Waals surface area contributed by atoms with Crippen LogP contribution in [0.5, 0.6) is 0 Å². The molecule has 1 atom stereocenters. The lowest BCUT2D eigenvalue weighted by Crippen LogP contribution is -2.02. The summed E-state index contributed by atoms with van der Waals surface area (Å²) < 4.78 is 4.59. The highest BCUT2D eigenvalue weighted by atomic mass is 16.5. The highest BCUT2D eigenvalue weighted by Crippen LogP contribution is 2.04. The third-order valence-corrected chi connectivity index (χ3v) is 1.71. The zero-order valence-electron chi connectivity index (χ0n) is 8.32. The predicted molar refractivity (Wildman–Crippen MR) is 51.1 cm³/mol. The second kappa shape index (κ2) is 7.80. The van der Waals surface area contributed by atoms with Gasteiger partial charge in [-0.2, -0.15) is 0 Å². The van der Waals surface area contributed by atoms with E-state index in [1.807, 2.05) is 6.92 Å². The van der Waals surface area contributed by atoms with Crippen molar-refractivity contribution < 1.29 is 14.6 Å². The lowest BCUT2D eigenvalue weighted by molar-refractivity contribution is -0.135. The smallest absolute Gasteiger partial charge is 0.307 e. The number of aliphatic hydroxyl groups is 1. The summed E-state index contributed by atoms with van der Waals surface area (Å²) in [5, 5.41) is 9.19. The summed E-state index contributed by atoms with van der Waals surface area (Å²) in [4.78, 5) is 10.3. The minimum absolute atomic E-state index is 0.192. The standard InChI is InChI=1S/C10H18O3/c1-3-10(12)7-5-4-6-8-13-9(2)11/h6,8,10,12H,3-5,7H2,1-2H3/b8-6+/t10-/m0/s1. The van der Waals surface area contributed by atoms with E-state index in [0.29, 0.717) is 0 Å². The highest BCUT2D eigenvalue weighted by Gasteiger charge is 1.97. The molecule has 0 unspecified atom stereocenters. The first-order chi connectivity index (χ1) is 6.16. The van der Waals surface area contributed by atoms with Gasteiger partial charge in [0.2, 0.25) is 0 Å². The van der Waals surface area contributed by atoms with Gasteiger partial charge in [0.05, 0.1) is 12.4 Å². The molecule has 0 saturated carbocycles.